The highest BCUT2D eigenvalue weighted by Crippen LogP contribution is 2.13. The molecule has 36 heavy (non-hydrogen) atoms. The maximum absolute atomic E-state index is 10.6. The minimum atomic E-state index is -4.86. The molecule has 0 fully saturated rings. The van der Waals surface area contributed by atoms with Gasteiger partial charge in [-0.3, -0.25) is 9.11 Å². The Morgan fingerprint density at radius 3 is 1.39 bits per heavy atom. The minimum absolute atomic E-state index is 0.250. The Bertz CT molecular complexity index is 1330. The fourth-order valence-corrected chi connectivity index (χ4v) is 2.92. The Morgan fingerprint density at radius 2 is 1.14 bits per heavy atom. The zero-order valence-corrected chi connectivity index (χ0v) is 19.4. The molecule has 0 aliphatic rings. The van der Waals surface area contributed by atoms with Crippen molar-refractivity contribution >= 4 is 32.2 Å². The van der Waals surface area contributed by atoms with E-state index in [-0.39, 0.29) is 21.9 Å². The van der Waals surface area contributed by atoms with Crippen molar-refractivity contribution in [1.82, 2.24) is 0 Å². The molecule has 4 N–H and O–H groups in total. The Balaban J connectivity index is 3.50. The van der Waals surface area contributed by atoms with Crippen LogP contribution in [0.1, 0.15) is 0 Å². The normalized spacial score (nSPS) is 14.7. The molecule has 1 aromatic carbocycles. The van der Waals surface area contributed by atoms with Gasteiger partial charge in [0.25, 0.3) is 11.4 Å². The summed E-state index contributed by atoms with van der Waals surface area (Å²) in [5.74, 6) is -0.634. The average molecular weight is 544 g/mol. The average Bonchev–Trinajstić information content (AvgIpc) is 2.80. The fraction of sp³-hybridized carbons (Fsp3) is 0.333. The van der Waals surface area contributed by atoms with Crippen LogP contribution in [0.5, 0.6) is 11.5 Å². The van der Waals surface area contributed by atoms with Crippen LogP contribution in [-0.2, 0) is 29.2 Å². The van der Waals surface area contributed by atoms with Crippen LogP contribution in [-0.4, -0.2) is 74.8 Å². The van der Waals surface area contributed by atoms with Gasteiger partial charge in [-0.15, -0.1) is 0 Å². The summed E-state index contributed by atoms with van der Waals surface area (Å²) in [7, 11) is -9.71. The molecule has 18 heteroatoms. The maximum Gasteiger partial charge on any atom is 0.397 e. The van der Waals surface area contributed by atoms with E-state index in [1.807, 2.05) is 0 Å². The van der Waals surface area contributed by atoms with Crippen molar-refractivity contribution in [2.75, 3.05) is 26.4 Å². The molecule has 1 aromatic rings. The van der Waals surface area contributed by atoms with Crippen LogP contribution in [0.2, 0.25) is 0 Å². The first kappa shape index (κ1) is 30.2. The molecule has 0 aliphatic heterocycles. The molecule has 0 amide bonds. The first-order valence-electron chi connectivity index (χ1n) is 9.07. The van der Waals surface area contributed by atoms with E-state index in [0.717, 1.165) is 12.1 Å². The van der Waals surface area contributed by atoms with Crippen molar-refractivity contribution in [3.05, 3.63) is 45.4 Å². The lowest BCUT2D eigenvalue weighted by atomic mass is 10.1. The first-order valence-corrected chi connectivity index (χ1v) is 11.8. The van der Waals surface area contributed by atoms with Gasteiger partial charge in [-0.05, 0) is 12.1 Å². The molecule has 0 aromatic heterocycles. The molecule has 2 atom stereocenters. The van der Waals surface area contributed by atoms with Gasteiger partial charge in [-0.25, -0.2) is 28.6 Å². The number of nitrogens with zero attached hydrogens (tertiary/aromatic N) is 4. The summed E-state index contributed by atoms with van der Waals surface area (Å²) in [6.45, 7) is 11.1. The molecular weight excluding hydrogens is 528 g/mol. The highest BCUT2D eigenvalue weighted by molar-refractivity contribution is 7.81. The first-order chi connectivity index (χ1) is 16.7. The smallest absolute Gasteiger partial charge is 0.397 e. The lowest BCUT2D eigenvalue weighted by Gasteiger charge is -2.16. The summed E-state index contributed by atoms with van der Waals surface area (Å²) < 4.78 is 78.3. The van der Waals surface area contributed by atoms with Crippen molar-refractivity contribution in [2.45, 2.75) is 12.2 Å². The lowest BCUT2D eigenvalue weighted by molar-refractivity contribution is 0.0586. The molecular formula is C18H16N4O12S2. The van der Waals surface area contributed by atoms with Gasteiger partial charge in [0.05, 0.1) is 38.5 Å². The number of benzene rings is 1. The van der Waals surface area contributed by atoms with E-state index in [9.17, 15) is 37.6 Å². The number of nitriles is 2. The number of aliphatic hydroxyl groups is 2. The standard InChI is InChI=1S/C18H16N4O12S2/c1-21-15(5-19)13-3-18(32-8-12(24)10-34-36(28,29)30)14(16(6-20)22-2)4-17(13)31-7-11(23)9-33-35(25,26)27/h3-4,11-12,23-24H,7-10H2,(H,25,26,27)(H,28,29,30)/b15-13-,16-14+. The Hall–Kier alpha value is -3.82. The van der Waals surface area contributed by atoms with Gasteiger partial charge < -0.3 is 19.7 Å². The molecule has 0 spiro atoms. The van der Waals surface area contributed by atoms with Gasteiger partial charge in [0.1, 0.15) is 36.9 Å². The maximum atomic E-state index is 10.6. The van der Waals surface area contributed by atoms with Gasteiger partial charge >= 0.3 is 20.8 Å². The van der Waals surface area contributed by atoms with E-state index in [4.69, 9.17) is 31.7 Å². The number of ether oxygens (including phenoxy) is 2. The SMILES string of the molecule is [C-]#[N+]/C(C#N)=c1/cc(OCC(O)COS(=O)(=O)O)/c(=C(\C#N)[N+]#[C-])cc1OCC(O)COS(=O)(=O)O. The summed E-state index contributed by atoms with van der Waals surface area (Å²) in [5, 5.41) is 37.7. The van der Waals surface area contributed by atoms with Gasteiger partial charge in [0, 0.05) is 10.4 Å². The third-order valence-corrected chi connectivity index (χ3v) is 4.58. The number of hydrogen-bond acceptors (Lipinski definition) is 12. The van der Waals surface area contributed by atoms with E-state index < -0.39 is 70.8 Å². The molecule has 16 nitrogen and oxygen atoms in total. The van der Waals surface area contributed by atoms with Crippen LogP contribution in [0.3, 0.4) is 0 Å². The molecule has 1 rings (SSSR count). The van der Waals surface area contributed by atoms with E-state index in [2.05, 4.69) is 18.1 Å². The van der Waals surface area contributed by atoms with Crippen LogP contribution in [0.15, 0.2) is 12.1 Å². The topological polar surface area (TPSA) is 242 Å². The van der Waals surface area contributed by atoms with Crippen LogP contribution < -0.4 is 19.9 Å². The Morgan fingerprint density at radius 1 is 0.806 bits per heavy atom. The zero-order chi connectivity index (χ0) is 27.5. The van der Waals surface area contributed by atoms with Crippen LogP contribution in [0, 0.1) is 35.8 Å². The molecule has 2 unspecified atom stereocenters. The van der Waals surface area contributed by atoms with Crippen LogP contribution >= 0.6 is 0 Å². The second kappa shape index (κ2) is 13.3. The fourth-order valence-electron chi connectivity index (χ4n) is 2.26. The summed E-state index contributed by atoms with van der Waals surface area (Å²) in [6.07, 6.45) is -3.26. The second-order valence-corrected chi connectivity index (χ2v) is 8.53. The predicted octanol–water partition coefficient (Wildman–Crippen LogP) is -2.09. The van der Waals surface area contributed by atoms with Gasteiger partial charge in [-0.1, -0.05) is 0 Å². The Kier molecular flexibility index (Phi) is 11.2. The molecule has 0 heterocycles. The van der Waals surface area contributed by atoms with Crippen molar-refractivity contribution < 1.29 is 54.0 Å². The van der Waals surface area contributed by atoms with Crippen molar-refractivity contribution in [3.63, 3.8) is 0 Å². The van der Waals surface area contributed by atoms with Gasteiger partial charge in [0.2, 0.25) is 0 Å². The van der Waals surface area contributed by atoms with Crippen molar-refractivity contribution in [3.8, 4) is 23.6 Å². The zero-order valence-electron chi connectivity index (χ0n) is 17.8. The largest absolute Gasteiger partial charge is 0.492 e. The molecule has 0 bridgehead atoms. The number of hydrogen-bond donors (Lipinski definition) is 4. The molecule has 0 radical (unpaired) electrons. The van der Waals surface area contributed by atoms with Gasteiger partial charge in [0.15, 0.2) is 0 Å². The summed E-state index contributed by atoms with van der Waals surface area (Å²) >= 11 is 0. The quantitative estimate of drug-likeness (QED) is 0.163. The lowest BCUT2D eigenvalue weighted by Crippen LogP contribution is -2.29. The monoisotopic (exact) mass is 544 g/mol. The van der Waals surface area contributed by atoms with E-state index in [1.165, 1.54) is 0 Å². The van der Waals surface area contributed by atoms with Crippen molar-refractivity contribution in [2.24, 2.45) is 0 Å². The second-order valence-electron chi connectivity index (χ2n) is 6.34. The van der Waals surface area contributed by atoms with Gasteiger partial charge in [-0.2, -0.15) is 16.8 Å². The Labute approximate surface area is 204 Å². The third kappa shape index (κ3) is 10.2. The number of aliphatic hydroxyl groups excluding tert-OH is 2. The predicted molar refractivity (Wildman–Crippen MR) is 115 cm³/mol. The third-order valence-electron chi connectivity index (χ3n) is 3.71. The number of rotatable bonds is 12. The molecule has 192 valence electrons. The van der Waals surface area contributed by atoms with Crippen LogP contribution in [0.25, 0.3) is 21.1 Å². The minimum Gasteiger partial charge on any atom is -0.492 e. The van der Waals surface area contributed by atoms with Crippen LogP contribution in [0.4, 0.5) is 0 Å². The highest BCUT2D eigenvalue weighted by Gasteiger charge is 2.17. The summed E-state index contributed by atoms with van der Waals surface area (Å²) in [4.78, 5) is 6.03. The molecule has 0 saturated heterocycles. The van der Waals surface area contributed by atoms with E-state index in [0.29, 0.717) is 0 Å². The summed E-state index contributed by atoms with van der Waals surface area (Å²) in [5.41, 5.74) is -1.14. The molecule has 0 aliphatic carbocycles. The van der Waals surface area contributed by atoms with E-state index >= 15 is 0 Å². The van der Waals surface area contributed by atoms with Crippen molar-refractivity contribution in [1.29, 1.82) is 10.5 Å². The van der Waals surface area contributed by atoms with E-state index in [1.54, 1.807) is 12.1 Å². The highest BCUT2D eigenvalue weighted by atomic mass is 32.3. The summed E-state index contributed by atoms with van der Waals surface area (Å²) in [6, 6.07) is 5.16. The molecule has 0 saturated carbocycles.